The molecule has 0 aliphatic heterocycles. The Bertz CT molecular complexity index is 856. The maximum Gasteiger partial charge on any atom is 0.251 e. The summed E-state index contributed by atoms with van der Waals surface area (Å²) in [7, 11) is 0. The summed E-state index contributed by atoms with van der Waals surface area (Å²) in [5, 5.41) is 10.4. The van der Waals surface area contributed by atoms with Crippen molar-refractivity contribution >= 4 is 11.7 Å². The largest absolute Gasteiger partial charge is 0.368 e. The Morgan fingerprint density at radius 2 is 1.88 bits per heavy atom. The molecule has 0 bridgehead atoms. The summed E-state index contributed by atoms with van der Waals surface area (Å²) in [6, 6.07) is 11.2. The predicted octanol–water partition coefficient (Wildman–Crippen LogP) is 2.12. The summed E-state index contributed by atoms with van der Waals surface area (Å²) in [6.45, 7) is 4.97. The average molecular weight is 336 g/mol. The number of hydrogen-bond acceptors (Lipinski definition) is 5. The minimum absolute atomic E-state index is 0.0859. The van der Waals surface area contributed by atoms with E-state index in [1.165, 1.54) is 6.33 Å². The van der Waals surface area contributed by atoms with E-state index in [2.05, 4.69) is 25.7 Å². The summed E-state index contributed by atoms with van der Waals surface area (Å²) in [4.78, 5) is 20.4. The molecule has 1 aromatic carbocycles. The van der Waals surface area contributed by atoms with Gasteiger partial charge in [-0.1, -0.05) is 17.7 Å². The normalized spacial score (nSPS) is 10.5. The van der Waals surface area contributed by atoms with Gasteiger partial charge in [-0.3, -0.25) is 4.79 Å². The molecule has 1 amide bonds. The van der Waals surface area contributed by atoms with Crippen molar-refractivity contribution in [1.29, 1.82) is 0 Å². The van der Waals surface area contributed by atoms with E-state index in [9.17, 15) is 4.79 Å². The second kappa shape index (κ2) is 7.57. The molecule has 0 atom stereocenters. The molecule has 0 radical (unpaired) electrons. The van der Waals surface area contributed by atoms with Crippen LogP contribution in [0.2, 0.25) is 0 Å². The van der Waals surface area contributed by atoms with Crippen molar-refractivity contribution in [2.24, 2.45) is 0 Å². The quantitative estimate of drug-likeness (QED) is 0.674. The van der Waals surface area contributed by atoms with Gasteiger partial charge < -0.3 is 10.6 Å². The lowest BCUT2D eigenvalue weighted by Gasteiger charge is -2.08. The fraction of sp³-hybridized carbons (Fsp3) is 0.222. The molecule has 2 aromatic heterocycles. The van der Waals surface area contributed by atoms with Crippen molar-refractivity contribution in [2.75, 3.05) is 18.4 Å². The molecule has 2 N–H and O–H groups in total. The lowest BCUT2D eigenvalue weighted by atomic mass is 10.1. The highest BCUT2D eigenvalue weighted by molar-refractivity contribution is 5.94. The molecule has 7 heteroatoms. The number of hydrogen-bond donors (Lipinski definition) is 2. The van der Waals surface area contributed by atoms with E-state index < -0.39 is 0 Å². The second-order valence-corrected chi connectivity index (χ2v) is 5.71. The van der Waals surface area contributed by atoms with Gasteiger partial charge in [0.25, 0.3) is 5.91 Å². The van der Waals surface area contributed by atoms with E-state index in [1.807, 2.05) is 56.4 Å². The Balaban J connectivity index is 1.50. The summed E-state index contributed by atoms with van der Waals surface area (Å²) in [5.41, 5.74) is 2.71. The third-order valence-electron chi connectivity index (χ3n) is 3.64. The zero-order valence-electron chi connectivity index (χ0n) is 14.2. The van der Waals surface area contributed by atoms with Gasteiger partial charge in [0.15, 0.2) is 5.82 Å². The van der Waals surface area contributed by atoms with Gasteiger partial charge in [0.2, 0.25) is 0 Å². The molecule has 2 heterocycles. The molecule has 7 nitrogen and oxygen atoms in total. The topological polar surface area (TPSA) is 84.7 Å². The minimum atomic E-state index is -0.0859. The summed E-state index contributed by atoms with van der Waals surface area (Å²) >= 11 is 0. The van der Waals surface area contributed by atoms with Crippen LogP contribution in [0.15, 0.2) is 48.9 Å². The Morgan fingerprint density at radius 1 is 1.08 bits per heavy atom. The minimum Gasteiger partial charge on any atom is -0.368 e. The molecule has 3 rings (SSSR count). The van der Waals surface area contributed by atoms with Crippen LogP contribution in [-0.4, -0.2) is 38.7 Å². The predicted molar refractivity (Wildman–Crippen MR) is 95.9 cm³/mol. The van der Waals surface area contributed by atoms with E-state index in [4.69, 9.17) is 0 Å². The molecular formula is C18H20N6O. The first-order valence-corrected chi connectivity index (χ1v) is 8.05. The van der Waals surface area contributed by atoms with Crippen LogP contribution < -0.4 is 10.6 Å². The van der Waals surface area contributed by atoms with Crippen LogP contribution in [0.3, 0.4) is 0 Å². The van der Waals surface area contributed by atoms with Gasteiger partial charge >= 0.3 is 0 Å². The monoisotopic (exact) mass is 336 g/mol. The molecule has 0 aliphatic rings. The van der Waals surface area contributed by atoms with Crippen molar-refractivity contribution in [3.63, 3.8) is 0 Å². The van der Waals surface area contributed by atoms with Crippen molar-refractivity contribution in [2.45, 2.75) is 13.8 Å². The number of nitrogens with zero attached hydrogens (tertiary/aromatic N) is 4. The van der Waals surface area contributed by atoms with Crippen molar-refractivity contribution in [3.05, 3.63) is 65.7 Å². The maximum atomic E-state index is 12.0. The Hall–Kier alpha value is -3.22. The van der Waals surface area contributed by atoms with Gasteiger partial charge in [-0.15, -0.1) is 0 Å². The molecule has 0 saturated carbocycles. The van der Waals surface area contributed by atoms with Crippen LogP contribution in [0.25, 0.3) is 5.82 Å². The molecule has 0 spiro atoms. The number of anilines is 1. The number of amides is 1. The van der Waals surface area contributed by atoms with Crippen molar-refractivity contribution in [3.8, 4) is 5.82 Å². The van der Waals surface area contributed by atoms with Crippen molar-refractivity contribution in [1.82, 2.24) is 25.1 Å². The van der Waals surface area contributed by atoms with Gasteiger partial charge in [0.1, 0.15) is 12.1 Å². The summed E-state index contributed by atoms with van der Waals surface area (Å²) in [6.07, 6.45) is 3.34. The van der Waals surface area contributed by atoms with Crippen molar-refractivity contribution < 1.29 is 4.79 Å². The molecule has 128 valence electrons. The highest BCUT2D eigenvalue weighted by Crippen LogP contribution is 2.08. The Kier molecular flexibility index (Phi) is 5.03. The third kappa shape index (κ3) is 4.41. The summed E-state index contributed by atoms with van der Waals surface area (Å²) in [5.74, 6) is 1.29. The van der Waals surface area contributed by atoms with Gasteiger partial charge in [-0.2, -0.15) is 5.10 Å². The highest BCUT2D eigenvalue weighted by atomic mass is 16.1. The van der Waals surface area contributed by atoms with Gasteiger partial charge in [-0.05, 0) is 32.0 Å². The molecule has 0 unspecified atom stereocenters. The molecule has 0 aliphatic carbocycles. The molecule has 25 heavy (non-hydrogen) atoms. The van der Waals surface area contributed by atoms with Crippen LogP contribution >= 0.6 is 0 Å². The Labute approximate surface area is 146 Å². The lowest BCUT2D eigenvalue weighted by Crippen LogP contribution is -2.28. The van der Waals surface area contributed by atoms with Gasteiger partial charge in [0, 0.05) is 30.9 Å². The highest BCUT2D eigenvalue weighted by Gasteiger charge is 2.05. The standard InChI is InChI=1S/C18H20N6O/c1-13-3-5-15(6-4-13)18(25)20-9-8-19-16-11-17(22-12-21-16)24-10-7-14(2)23-24/h3-7,10-12H,8-9H2,1-2H3,(H,20,25)(H,19,21,22). The van der Waals surface area contributed by atoms with Crippen LogP contribution in [0.1, 0.15) is 21.6 Å². The van der Waals surface area contributed by atoms with Gasteiger partial charge in [-0.25, -0.2) is 14.6 Å². The fourth-order valence-electron chi connectivity index (χ4n) is 2.29. The van der Waals surface area contributed by atoms with E-state index >= 15 is 0 Å². The van der Waals surface area contributed by atoms with Crippen LogP contribution in [-0.2, 0) is 0 Å². The number of aromatic nitrogens is 4. The average Bonchev–Trinajstić information content (AvgIpc) is 3.06. The van der Waals surface area contributed by atoms with E-state index in [0.29, 0.717) is 30.3 Å². The fourth-order valence-corrected chi connectivity index (χ4v) is 2.29. The second-order valence-electron chi connectivity index (χ2n) is 5.71. The number of carbonyl (C=O) groups excluding carboxylic acids is 1. The smallest absolute Gasteiger partial charge is 0.251 e. The van der Waals surface area contributed by atoms with Gasteiger partial charge in [0.05, 0.1) is 5.69 Å². The summed E-state index contributed by atoms with van der Waals surface area (Å²) < 4.78 is 1.70. The SMILES string of the molecule is Cc1ccc(C(=O)NCCNc2cc(-n3ccc(C)n3)ncn2)cc1. The van der Waals surface area contributed by atoms with Crippen LogP contribution in [0, 0.1) is 13.8 Å². The molecule has 3 aromatic rings. The first-order chi connectivity index (χ1) is 12.1. The molecule has 0 fully saturated rings. The first kappa shape index (κ1) is 16.6. The number of aryl methyl sites for hydroxylation is 2. The lowest BCUT2D eigenvalue weighted by molar-refractivity contribution is 0.0955. The zero-order valence-corrected chi connectivity index (χ0v) is 14.2. The first-order valence-electron chi connectivity index (χ1n) is 8.05. The number of nitrogens with one attached hydrogen (secondary N) is 2. The molecule has 0 saturated heterocycles. The molecular weight excluding hydrogens is 316 g/mol. The van der Waals surface area contributed by atoms with Crippen LogP contribution in [0.5, 0.6) is 0 Å². The zero-order chi connectivity index (χ0) is 17.6. The number of rotatable bonds is 6. The van der Waals surface area contributed by atoms with E-state index in [-0.39, 0.29) is 5.91 Å². The maximum absolute atomic E-state index is 12.0. The number of benzene rings is 1. The Morgan fingerprint density at radius 3 is 2.60 bits per heavy atom. The third-order valence-corrected chi connectivity index (χ3v) is 3.64. The van der Waals surface area contributed by atoms with E-state index in [1.54, 1.807) is 4.68 Å². The number of carbonyl (C=O) groups is 1. The van der Waals surface area contributed by atoms with Crippen LogP contribution in [0.4, 0.5) is 5.82 Å². The van der Waals surface area contributed by atoms with E-state index in [0.717, 1.165) is 11.3 Å².